The summed E-state index contributed by atoms with van der Waals surface area (Å²) < 4.78 is 31.7. The first-order chi connectivity index (χ1) is 16.5. The highest BCUT2D eigenvalue weighted by Crippen LogP contribution is 2.31. The van der Waals surface area contributed by atoms with E-state index in [1.807, 2.05) is 0 Å². The lowest BCUT2D eigenvalue weighted by molar-refractivity contribution is -0.374. The van der Waals surface area contributed by atoms with Gasteiger partial charge in [-0.05, 0) is 0 Å². The van der Waals surface area contributed by atoms with E-state index in [9.17, 15) is 51.1 Å². The van der Waals surface area contributed by atoms with Crippen LogP contribution in [-0.4, -0.2) is 170 Å². The van der Waals surface area contributed by atoms with Crippen molar-refractivity contribution in [2.24, 2.45) is 0 Å². The second-order valence-corrected chi connectivity index (χ2v) is 8.59. The van der Waals surface area contributed by atoms with Crippen molar-refractivity contribution in [2.45, 2.75) is 92.1 Å². The first-order valence-corrected chi connectivity index (χ1v) is 11.0. The Morgan fingerprint density at radius 1 is 0.829 bits per heavy atom. The second kappa shape index (κ2) is 12.3. The predicted octanol–water partition coefficient (Wildman–Crippen LogP) is -6.92. The van der Waals surface area contributed by atoms with E-state index in [0.29, 0.717) is 0 Å². The quantitative estimate of drug-likeness (QED) is 0.136. The van der Waals surface area contributed by atoms with Crippen LogP contribution < -0.4 is 0 Å². The summed E-state index contributed by atoms with van der Waals surface area (Å²) in [7, 11) is 1.26. The fourth-order valence-electron chi connectivity index (χ4n) is 4.16. The maximum Gasteiger partial charge on any atom is 0.187 e. The molecule has 3 rings (SSSR count). The summed E-state index contributed by atoms with van der Waals surface area (Å²) in [6.07, 6.45) is -24.2. The van der Waals surface area contributed by atoms with Crippen molar-refractivity contribution in [3.05, 3.63) is 0 Å². The Morgan fingerprint density at radius 3 is 2.09 bits per heavy atom. The molecule has 0 aromatic carbocycles. The van der Waals surface area contributed by atoms with Gasteiger partial charge in [-0.3, -0.25) is 0 Å². The van der Waals surface area contributed by atoms with E-state index in [4.69, 9.17) is 28.4 Å². The number of fused-ring (bicyclic) bond motifs is 1. The van der Waals surface area contributed by atoms with Gasteiger partial charge in [-0.25, -0.2) is 0 Å². The third kappa shape index (κ3) is 5.93. The number of rotatable bonds is 9. The lowest BCUT2D eigenvalue weighted by Gasteiger charge is -2.47. The van der Waals surface area contributed by atoms with Crippen LogP contribution in [0.3, 0.4) is 0 Å². The van der Waals surface area contributed by atoms with Gasteiger partial charge in [0, 0.05) is 7.11 Å². The summed E-state index contributed by atoms with van der Waals surface area (Å²) in [5, 5.41) is 101. The Bertz CT molecular complexity index is 652. The van der Waals surface area contributed by atoms with Crippen LogP contribution in [0.15, 0.2) is 0 Å². The minimum absolute atomic E-state index is 0.246. The molecule has 0 amide bonds. The summed E-state index contributed by atoms with van der Waals surface area (Å²) in [5.74, 6) is 0. The summed E-state index contributed by atoms with van der Waals surface area (Å²) >= 11 is 0. The van der Waals surface area contributed by atoms with Crippen LogP contribution in [0.1, 0.15) is 0 Å². The molecule has 3 heterocycles. The number of hydrogen-bond acceptors (Lipinski definition) is 16. The van der Waals surface area contributed by atoms with E-state index < -0.39 is 105 Å². The summed E-state index contributed by atoms with van der Waals surface area (Å²) in [5.41, 5.74) is 0. The molecule has 15 atom stereocenters. The Kier molecular flexibility index (Phi) is 10.1. The van der Waals surface area contributed by atoms with Crippen molar-refractivity contribution in [3.8, 4) is 0 Å². The molecule has 16 heteroatoms. The topological polar surface area (TPSA) is 258 Å². The van der Waals surface area contributed by atoms with Crippen LogP contribution in [-0.2, 0) is 28.4 Å². The third-order valence-electron chi connectivity index (χ3n) is 6.26. The third-order valence-corrected chi connectivity index (χ3v) is 6.26. The lowest BCUT2D eigenvalue weighted by Crippen LogP contribution is -2.65. The molecule has 0 spiro atoms. The Hall–Kier alpha value is -0.640. The molecule has 0 radical (unpaired) electrons. The van der Waals surface area contributed by atoms with Gasteiger partial charge in [0.05, 0.1) is 19.8 Å². The molecule has 35 heavy (non-hydrogen) atoms. The van der Waals surface area contributed by atoms with Crippen molar-refractivity contribution in [2.75, 3.05) is 26.9 Å². The van der Waals surface area contributed by atoms with Crippen molar-refractivity contribution in [1.29, 1.82) is 0 Å². The van der Waals surface area contributed by atoms with Crippen molar-refractivity contribution >= 4 is 0 Å². The maximum absolute atomic E-state index is 10.7. The molecule has 3 saturated heterocycles. The summed E-state index contributed by atoms with van der Waals surface area (Å²) in [6, 6.07) is 0. The molecule has 0 bridgehead atoms. The van der Waals surface area contributed by atoms with E-state index in [0.717, 1.165) is 0 Å². The molecule has 3 fully saturated rings. The van der Waals surface area contributed by atoms with Crippen molar-refractivity contribution < 1.29 is 79.5 Å². The average molecular weight is 518 g/mol. The van der Waals surface area contributed by atoms with Crippen LogP contribution in [0.5, 0.6) is 0 Å². The molecule has 206 valence electrons. The minimum Gasteiger partial charge on any atom is -0.394 e. The maximum atomic E-state index is 10.7. The molecular formula is C19H34O16. The Morgan fingerprint density at radius 2 is 1.49 bits per heavy atom. The van der Waals surface area contributed by atoms with Crippen LogP contribution >= 0.6 is 0 Å². The number of aliphatic hydroxyl groups is 10. The molecule has 0 aromatic rings. The van der Waals surface area contributed by atoms with E-state index >= 15 is 0 Å². The highest BCUT2D eigenvalue weighted by atomic mass is 16.8. The molecule has 3 aliphatic rings. The van der Waals surface area contributed by atoms with Crippen molar-refractivity contribution in [3.63, 3.8) is 0 Å². The first kappa shape index (κ1) is 28.9. The van der Waals surface area contributed by atoms with Crippen LogP contribution in [0.25, 0.3) is 0 Å². The molecule has 0 saturated carbocycles. The molecule has 16 nitrogen and oxygen atoms in total. The lowest BCUT2D eigenvalue weighted by atomic mass is 9.96. The fraction of sp³-hybridized carbons (Fsp3) is 1.00. The van der Waals surface area contributed by atoms with Gasteiger partial charge in [-0.15, -0.1) is 0 Å². The normalized spacial score (nSPS) is 45.9. The SMILES string of the molecule is CO[C@H]1O[C@@H]2CO[C@H]([C@@H](O)[C@H](O)[C@@H](O[C@H]3O[C@H](CO)[C@@H](O)[C@H](O)[C@H]3O)[C@@H](O)CO)O[C@H]2[C@H](O)[C@H]1O. The molecule has 3 aliphatic heterocycles. The predicted molar refractivity (Wildman–Crippen MR) is 106 cm³/mol. The first-order valence-electron chi connectivity index (χ1n) is 11.0. The van der Waals surface area contributed by atoms with Crippen LogP contribution in [0.4, 0.5) is 0 Å². The Balaban J connectivity index is 1.70. The average Bonchev–Trinajstić information content (AvgIpc) is 2.87. The van der Waals surface area contributed by atoms with Crippen LogP contribution in [0.2, 0.25) is 0 Å². The monoisotopic (exact) mass is 518 g/mol. The zero-order valence-corrected chi connectivity index (χ0v) is 18.7. The van der Waals surface area contributed by atoms with Gasteiger partial charge in [0.15, 0.2) is 18.9 Å². The molecule has 10 N–H and O–H groups in total. The number of aliphatic hydroxyl groups excluding tert-OH is 10. The van der Waals surface area contributed by atoms with E-state index in [1.165, 1.54) is 7.11 Å². The van der Waals surface area contributed by atoms with Gasteiger partial charge in [0.25, 0.3) is 0 Å². The fourth-order valence-corrected chi connectivity index (χ4v) is 4.16. The van der Waals surface area contributed by atoms with Gasteiger partial charge >= 0.3 is 0 Å². The highest BCUT2D eigenvalue weighted by Gasteiger charge is 2.52. The van der Waals surface area contributed by atoms with E-state index in [2.05, 4.69) is 0 Å². The molecular weight excluding hydrogens is 484 g/mol. The summed E-state index contributed by atoms with van der Waals surface area (Å²) in [6.45, 7) is -1.99. The highest BCUT2D eigenvalue weighted by molar-refractivity contribution is 4.95. The van der Waals surface area contributed by atoms with Gasteiger partial charge in [-0.2, -0.15) is 0 Å². The molecule has 0 aromatic heterocycles. The standard InChI is InChI=1S/C19H34O16/c1-30-17-13(28)11(26)16-7(33-17)4-31-18(35-16)14(29)10(25)15(5(22)2-20)34-19-12(27)9(24)8(23)6(3-21)32-19/h5-29H,2-4H2,1H3/t5-,6+,7+,8+,9-,10-,11+,12+,13+,14-,15-,16+,17-,18-,19+/m0/s1. The molecule has 0 unspecified atom stereocenters. The smallest absolute Gasteiger partial charge is 0.187 e. The second-order valence-electron chi connectivity index (χ2n) is 8.59. The van der Waals surface area contributed by atoms with E-state index in [-0.39, 0.29) is 6.61 Å². The number of hydrogen-bond donors (Lipinski definition) is 10. The minimum atomic E-state index is -2.07. The number of methoxy groups -OCH3 is 1. The van der Waals surface area contributed by atoms with Gasteiger partial charge in [0.2, 0.25) is 0 Å². The number of ether oxygens (including phenoxy) is 6. The van der Waals surface area contributed by atoms with Gasteiger partial charge in [0.1, 0.15) is 73.2 Å². The zero-order chi connectivity index (χ0) is 26.0. The molecule has 0 aliphatic carbocycles. The van der Waals surface area contributed by atoms with Crippen molar-refractivity contribution in [1.82, 2.24) is 0 Å². The summed E-state index contributed by atoms with van der Waals surface area (Å²) in [4.78, 5) is 0. The van der Waals surface area contributed by atoms with Gasteiger partial charge in [-0.1, -0.05) is 0 Å². The largest absolute Gasteiger partial charge is 0.394 e. The Labute approximate surface area is 199 Å². The van der Waals surface area contributed by atoms with Crippen LogP contribution in [0, 0.1) is 0 Å². The van der Waals surface area contributed by atoms with E-state index in [1.54, 1.807) is 0 Å². The zero-order valence-electron chi connectivity index (χ0n) is 18.7. The van der Waals surface area contributed by atoms with Gasteiger partial charge < -0.3 is 79.5 Å².